The van der Waals surface area contributed by atoms with Gasteiger partial charge in [0, 0.05) is 28.6 Å². The van der Waals surface area contributed by atoms with Gasteiger partial charge < -0.3 is 9.47 Å². The molecule has 192 valence electrons. The zero-order valence-electron chi connectivity index (χ0n) is 21.7. The van der Waals surface area contributed by atoms with E-state index in [9.17, 15) is 9.59 Å². The number of benzene rings is 1. The van der Waals surface area contributed by atoms with Crippen molar-refractivity contribution in [1.82, 2.24) is 9.78 Å². The van der Waals surface area contributed by atoms with Crippen molar-refractivity contribution in [2.45, 2.75) is 65.5 Å². The molecule has 1 fully saturated rings. The largest absolute Gasteiger partial charge is 0.458 e. The number of rotatable bonds is 8. The minimum atomic E-state index is -0.494. The second-order valence-corrected chi connectivity index (χ2v) is 11.7. The van der Waals surface area contributed by atoms with E-state index < -0.39 is 5.60 Å². The van der Waals surface area contributed by atoms with E-state index in [4.69, 9.17) is 14.6 Å². The zero-order valence-corrected chi connectivity index (χ0v) is 22.5. The van der Waals surface area contributed by atoms with Gasteiger partial charge in [-0.25, -0.2) is 9.48 Å². The molecule has 1 aliphatic carbocycles. The summed E-state index contributed by atoms with van der Waals surface area (Å²) in [6.07, 6.45) is 4.07. The van der Waals surface area contributed by atoms with E-state index in [1.165, 1.54) is 5.56 Å². The van der Waals surface area contributed by atoms with E-state index in [1.807, 2.05) is 51.1 Å². The first-order chi connectivity index (χ1) is 17.2. The Morgan fingerprint density at radius 3 is 2.42 bits per heavy atom. The monoisotopic (exact) mass is 508 g/mol. The van der Waals surface area contributed by atoms with Crippen molar-refractivity contribution in [2.75, 3.05) is 13.2 Å². The fraction of sp³-hybridized carbons (Fsp3) is 0.483. The number of nitrogens with zero attached hydrogens (tertiary/aromatic N) is 2. The highest BCUT2D eigenvalue weighted by atomic mass is 32.1. The van der Waals surface area contributed by atoms with Gasteiger partial charge >= 0.3 is 5.97 Å². The Bertz CT molecular complexity index is 1220. The van der Waals surface area contributed by atoms with Crippen molar-refractivity contribution in [3.63, 3.8) is 0 Å². The maximum absolute atomic E-state index is 13.1. The van der Waals surface area contributed by atoms with Crippen LogP contribution in [0.5, 0.6) is 0 Å². The summed E-state index contributed by atoms with van der Waals surface area (Å²) in [5.74, 6) is 0.505. The molecule has 0 unspecified atom stereocenters. The van der Waals surface area contributed by atoms with Crippen LogP contribution in [-0.4, -0.2) is 34.6 Å². The van der Waals surface area contributed by atoms with E-state index in [0.29, 0.717) is 25.0 Å². The summed E-state index contributed by atoms with van der Waals surface area (Å²) in [5, 5.41) is 6.98. The molecule has 4 rings (SSSR count). The van der Waals surface area contributed by atoms with Crippen LogP contribution in [0.1, 0.15) is 52.0 Å². The zero-order chi connectivity index (χ0) is 25.7. The predicted octanol–water partition coefficient (Wildman–Crippen LogP) is 6.11. The number of esters is 1. The molecule has 1 aromatic carbocycles. The number of thiophene rings is 1. The molecule has 0 radical (unpaired) electrons. The number of aromatic nitrogens is 2. The van der Waals surface area contributed by atoms with Gasteiger partial charge in [0.1, 0.15) is 12.2 Å². The van der Waals surface area contributed by atoms with Gasteiger partial charge in [0.15, 0.2) is 0 Å². The summed E-state index contributed by atoms with van der Waals surface area (Å²) < 4.78 is 12.6. The molecule has 36 heavy (non-hydrogen) atoms. The maximum atomic E-state index is 13.1. The normalized spacial score (nSPS) is 18.2. The Morgan fingerprint density at radius 2 is 1.78 bits per heavy atom. The summed E-state index contributed by atoms with van der Waals surface area (Å²) in [5.41, 5.74) is 3.39. The van der Waals surface area contributed by atoms with E-state index in [0.717, 1.165) is 47.4 Å². The summed E-state index contributed by atoms with van der Waals surface area (Å²) >= 11 is 1.64. The molecule has 6 nitrogen and oxygen atoms in total. The molecule has 3 aromatic rings. The smallest absolute Gasteiger partial charge is 0.332 e. The average molecular weight is 509 g/mol. The van der Waals surface area contributed by atoms with Gasteiger partial charge in [-0.3, -0.25) is 4.79 Å². The fourth-order valence-electron chi connectivity index (χ4n) is 4.70. The van der Waals surface area contributed by atoms with Gasteiger partial charge in [-0.15, -0.1) is 11.3 Å². The maximum Gasteiger partial charge on any atom is 0.332 e. The number of aryl methyl sites for hydroxylation is 1. The van der Waals surface area contributed by atoms with Crippen molar-refractivity contribution in [1.29, 1.82) is 0 Å². The van der Waals surface area contributed by atoms with E-state index in [2.05, 4.69) is 18.4 Å². The number of carbonyl (C=O) groups is 1. The lowest BCUT2D eigenvalue weighted by Crippen LogP contribution is -2.30. The second kappa shape index (κ2) is 11.5. The quantitative estimate of drug-likeness (QED) is 0.343. The Hall–Kier alpha value is -2.77. The first-order valence-corrected chi connectivity index (χ1v) is 13.6. The van der Waals surface area contributed by atoms with Crippen LogP contribution in [0.2, 0.25) is 0 Å². The molecule has 7 heteroatoms. The molecule has 0 spiro atoms. The van der Waals surface area contributed by atoms with Crippen LogP contribution in [0.3, 0.4) is 0 Å². The first kappa shape index (κ1) is 26.3. The highest BCUT2D eigenvalue weighted by Crippen LogP contribution is 2.34. The van der Waals surface area contributed by atoms with E-state index in [-0.39, 0.29) is 18.1 Å². The Morgan fingerprint density at radius 1 is 1.08 bits per heavy atom. The van der Waals surface area contributed by atoms with Crippen LogP contribution < -0.4 is 5.56 Å². The first-order valence-electron chi connectivity index (χ1n) is 12.7. The van der Waals surface area contributed by atoms with Gasteiger partial charge in [-0.05, 0) is 82.2 Å². The van der Waals surface area contributed by atoms with Crippen LogP contribution >= 0.6 is 11.3 Å². The van der Waals surface area contributed by atoms with Crippen molar-refractivity contribution < 1.29 is 14.3 Å². The molecule has 0 N–H and O–H groups in total. The lowest BCUT2D eigenvalue weighted by molar-refractivity contribution is -0.160. The van der Waals surface area contributed by atoms with E-state index in [1.54, 1.807) is 22.1 Å². The van der Waals surface area contributed by atoms with Crippen LogP contribution in [0.4, 0.5) is 0 Å². The second-order valence-electron chi connectivity index (χ2n) is 10.8. The molecule has 2 heterocycles. The lowest BCUT2D eigenvalue weighted by Gasteiger charge is -2.28. The van der Waals surface area contributed by atoms with Crippen molar-refractivity contribution in [2.24, 2.45) is 11.8 Å². The Balaban J connectivity index is 1.39. The van der Waals surface area contributed by atoms with E-state index >= 15 is 0 Å². The number of hydrogen-bond donors (Lipinski definition) is 0. The molecule has 2 aromatic heterocycles. The lowest BCUT2D eigenvalue weighted by atomic mass is 9.82. The van der Waals surface area contributed by atoms with Crippen LogP contribution in [-0.2, 0) is 20.8 Å². The third-order valence-electron chi connectivity index (χ3n) is 6.43. The Kier molecular flexibility index (Phi) is 8.42. The summed E-state index contributed by atoms with van der Waals surface area (Å²) in [7, 11) is 0. The third-order valence-corrected chi connectivity index (χ3v) is 7.51. The molecule has 1 aliphatic rings. The summed E-state index contributed by atoms with van der Waals surface area (Å²) in [6.45, 7) is 8.80. The van der Waals surface area contributed by atoms with Gasteiger partial charge in [-0.1, -0.05) is 30.3 Å². The number of hydrogen-bond acceptors (Lipinski definition) is 6. The Labute approximate surface area is 217 Å². The van der Waals surface area contributed by atoms with Gasteiger partial charge in [-0.2, -0.15) is 5.10 Å². The average Bonchev–Trinajstić information content (AvgIpc) is 3.27. The highest BCUT2D eigenvalue weighted by Gasteiger charge is 2.24. The molecule has 0 amide bonds. The number of ether oxygens (including phenoxy) is 2. The molecule has 1 saturated carbocycles. The topological polar surface area (TPSA) is 70.4 Å². The molecular weight excluding hydrogens is 472 g/mol. The fourth-order valence-corrected chi connectivity index (χ4v) is 5.61. The standard InChI is InChI=1S/C29H36N2O4S/c1-20-14-25(36-19-20)24-15-26(32)31(30-28(24)23-8-6-5-7-9-23)16-21-10-12-22(13-11-21)17-34-18-27(33)35-29(2,3)4/h5-9,14-15,19,21-22H,10-13,16-18H2,1-4H3/t21-,22-. The molecular formula is C29H36N2O4S. The van der Waals surface area contributed by atoms with Crippen LogP contribution in [0, 0.1) is 18.8 Å². The minimum absolute atomic E-state index is 0.00507. The highest BCUT2D eigenvalue weighted by molar-refractivity contribution is 7.13. The SMILES string of the molecule is Cc1csc(-c2cc(=O)n(C[C@H]3CC[C@H](COCC(=O)OC(C)(C)C)CC3)nc2-c2ccccc2)c1. The summed E-state index contributed by atoms with van der Waals surface area (Å²) in [4.78, 5) is 26.0. The number of carbonyl (C=O) groups excluding carboxylic acids is 1. The van der Waals surface area contributed by atoms with Gasteiger partial charge in [0.05, 0.1) is 12.3 Å². The van der Waals surface area contributed by atoms with Crippen molar-refractivity contribution >= 4 is 17.3 Å². The van der Waals surface area contributed by atoms with Gasteiger partial charge in [0.2, 0.25) is 0 Å². The van der Waals surface area contributed by atoms with Crippen molar-refractivity contribution in [3.8, 4) is 21.7 Å². The summed E-state index contributed by atoms with van der Waals surface area (Å²) in [6, 6.07) is 13.9. The molecule has 0 aliphatic heterocycles. The van der Waals surface area contributed by atoms with Crippen LogP contribution in [0.15, 0.2) is 52.6 Å². The van der Waals surface area contributed by atoms with Crippen LogP contribution in [0.25, 0.3) is 21.7 Å². The molecule has 0 bridgehead atoms. The third kappa shape index (κ3) is 7.14. The van der Waals surface area contributed by atoms with Gasteiger partial charge in [0.25, 0.3) is 5.56 Å². The molecule has 0 saturated heterocycles. The molecule has 0 atom stereocenters. The van der Waals surface area contributed by atoms with Crippen molar-refractivity contribution in [3.05, 3.63) is 63.8 Å². The predicted molar refractivity (Wildman–Crippen MR) is 144 cm³/mol. The minimum Gasteiger partial charge on any atom is -0.458 e.